The number of carbonyl (C=O) groups is 1. The minimum atomic E-state index is -0.334. The summed E-state index contributed by atoms with van der Waals surface area (Å²) in [5, 5.41) is 10.7. The molecule has 0 bridgehead atoms. The van der Waals surface area contributed by atoms with E-state index in [0.29, 0.717) is 18.1 Å². The van der Waals surface area contributed by atoms with Gasteiger partial charge in [-0.05, 0) is 48.0 Å². The van der Waals surface area contributed by atoms with Gasteiger partial charge in [-0.3, -0.25) is 4.79 Å². The van der Waals surface area contributed by atoms with E-state index in [1.807, 2.05) is 0 Å². The van der Waals surface area contributed by atoms with E-state index in [-0.39, 0.29) is 30.6 Å². The van der Waals surface area contributed by atoms with Crippen LogP contribution in [-0.4, -0.2) is 29.3 Å². The van der Waals surface area contributed by atoms with Gasteiger partial charge < -0.3 is 10.1 Å². The highest BCUT2D eigenvalue weighted by atomic mass is 19.1. The second-order valence-electron chi connectivity index (χ2n) is 5.77. The molecule has 1 amide bonds. The summed E-state index contributed by atoms with van der Waals surface area (Å²) in [6.45, 7) is 0.543. The Morgan fingerprint density at radius 3 is 2.19 bits per heavy atom. The minimum Gasteiger partial charge on any atom is -0.475 e. The van der Waals surface area contributed by atoms with Gasteiger partial charge >= 0.3 is 0 Å². The van der Waals surface area contributed by atoms with Gasteiger partial charge in [-0.2, -0.15) is 0 Å². The molecule has 0 saturated carbocycles. The van der Waals surface area contributed by atoms with Gasteiger partial charge in [0.05, 0.1) is 18.7 Å². The number of hydrogen-bond donors (Lipinski definition) is 1. The zero-order valence-electron chi connectivity index (χ0n) is 14.4. The maximum absolute atomic E-state index is 12.9. The first-order valence-corrected chi connectivity index (χ1v) is 8.34. The van der Waals surface area contributed by atoms with Crippen LogP contribution in [0, 0.1) is 11.6 Å². The van der Waals surface area contributed by atoms with E-state index in [4.69, 9.17) is 4.74 Å². The van der Waals surface area contributed by atoms with Crippen molar-refractivity contribution in [3.8, 4) is 17.1 Å². The summed E-state index contributed by atoms with van der Waals surface area (Å²) >= 11 is 0. The van der Waals surface area contributed by atoms with Gasteiger partial charge in [-0.25, -0.2) is 8.78 Å². The zero-order chi connectivity index (χ0) is 19.1. The number of amides is 1. The molecule has 1 N–H and O–H groups in total. The number of hydrogen-bond acceptors (Lipinski definition) is 4. The molecule has 0 saturated heterocycles. The van der Waals surface area contributed by atoms with Gasteiger partial charge in [0.2, 0.25) is 11.8 Å². The molecule has 1 aromatic heterocycles. The fourth-order valence-corrected chi connectivity index (χ4v) is 2.37. The van der Waals surface area contributed by atoms with Crippen LogP contribution in [0.5, 0.6) is 5.88 Å². The van der Waals surface area contributed by atoms with Gasteiger partial charge in [0.15, 0.2) is 0 Å². The van der Waals surface area contributed by atoms with E-state index < -0.39 is 0 Å². The van der Waals surface area contributed by atoms with Gasteiger partial charge in [0.1, 0.15) is 18.2 Å². The summed E-state index contributed by atoms with van der Waals surface area (Å²) < 4.78 is 31.2. The molecule has 0 spiro atoms. The van der Waals surface area contributed by atoms with Gasteiger partial charge in [-0.1, -0.05) is 12.1 Å². The molecule has 0 aliphatic carbocycles. The second kappa shape index (κ2) is 8.84. The lowest BCUT2D eigenvalue weighted by molar-refractivity contribution is -0.120. The Labute approximate surface area is 155 Å². The molecule has 0 fully saturated rings. The highest BCUT2D eigenvalue weighted by Gasteiger charge is 2.05. The monoisotopic (exact) mass is 369 g/mol. The van der Waals surface area contributed by atoms with Crippen molar-refractivity contribution in [1.82, 2.24) is 15.5 Å². The van der Waals surface area contributed by atoms with Crippen molar-refractivity contribution in [2.75, 3.05) is 13.2 Å². The third-order valence-electron chi connectivity index (χ3n) is 3.73. The summed E-state index contributed by atoms with van der Waals surface area (Å²) in [6.07, 6.45) is 0.173. The molecule has 1 heterocycles. The van der Waals surface area contributed by atoms with E-state index >= 15 is 0 Å². The predicted molar refractivity (Wildman–Crippen MR) is 96.0 cm³/mol. The van der Waals surface area contributed by atoms with Crippen molar-refractivity contribution in [3.63, 3.8) is 0 Å². The number of ether oxygens (including phenoxy) is 1. The van der Waals surface area contributed by atoms with Crippen LogP contribution in [-0.2, 0) is 11.2 Å². The maximum atomic E-state index is 12.9. The lowest BCUT2D eigenvalue weighted by Crippen LogP contribution is -2.29. The molecule has 7 heteroatoms. The Bertz CT molecular complexity index is 883. The molecule has 5 nitrogen and oxygen atoms in total. The fraction of sp³-hybridized carbons (Fsp3) is 0.150. The number of benzene rings is 2. The predicted octanol–water partition coefficient (Wildman–Crippen LogP) is 3.16. The minimum absolute atomic E-state index is 0.173. The Morgan fingerprint density at radius 1 is 0.889 bits per heavy atom. The summed E-state index contributed by atoms with van der Waals surface area (Å²) in [5.74, 6) is -0.496. The van der Waals surface area contributed by atoms with Crippen LogP contribution in [0.25, 0.3) is 11.3 Å². The Balaban J connectivity index is 1.41. The Hall–Kier alpha value is -3.35. The maximum Gasteiger partial charge on any atom is 0.233 e. The van der Waals surface area contributed by atoms with Crippen molar-refractivity contribution < 1.29 is 18.3 Å². The second-order valence-corrected chi connectivity index (χ2v) is 5.77. The quantitative estimate of drug-likeness (QED) is 0.650. The first-order chi connectivity index (χ1) is 13.1. The highest BCUT2D eigenvalue weighted by Crippen LogP contribution is 2.17. The number of nitrogens with one attached hydrogen (secondary N) is 1. The molecule has 3 aromatic rings. The lowest BCUT2D eigenvalue weighted by atomic mass is 10.1. The van der Waals surface area contributed by atoms with Crippen molar-refractivity contribution >= 4 is 5.91 Å². The highest BCUT2D eigenvalue weighted by molar-refractivity contribution is 5.78. The van der Waals surface area contributed by atoms with Crippen molar-refractivity contribution in [2.45, 2.75) is 6.42 Å². The van der Waals surface area contributed by atoms with Crippen LogP contribution < -0.4 is 10.1 Å². The molecule has 0 unspecified atom stereocenters. The molecule has 0 aliphatic heterocycles. The summed E-state index contributed by atoms with van der Waals surface area (Å²) in [7, 11) is 0. The SMILES string of the molecule is O=C(Cc1ccc(F)cc1)NCCOc1ccc(-c2ccc(F)cc2)nn1. The van der Waals surface area contributed by atoms with E-state index in [9.17, 15) is 13.6 Å². The largest absolute Gasteiger partial charge is 0.475 e. The lowest BCUT2D eigenvalue weighted by Gasteiger charge is -2.07. The first-order valence-electron chi connectivity index (χ1n) is 8.34. The smallest absolute Gasteiger partial charge is 0.233 e. The van der Waals surface area contributed by atoms with E-state index in [2.05, 4.69) is 15.5 Å². The number of carbonyl (C=O) groups excluding carboxylic acids is 1. The molecule has 3 rings (SSSR count). The fourth-order valence-electron chi connectivity index (χ4n) is 2.37. The number of nitrogens with zero attached hydrogens (tertiary/aromatic N) is 2. The van der Waals surface area contributed by atoms with E-state index in [1.54, 1.807) is 36.4 Å². The van der Waals surface area contributed by atoms with Gasteiger partial charge in [0.25, 0.3) is 0 Å². The first kappa shape index (κ1) is 18.4. The average Bonchev–Trinajstić information content (AvgIpc) is 2.68. The number of rotatable bonds is 7. The van der Waals surface area contributed by atoms with Crippen LogP contribution in [0.15, 0.2) is 60.7 Å². The molecule has 2 aromatic carbocycles. The molecule has 0 atom stereocenters. The summed E-state index contributed by atoms with van der Waals surface area (Å²) in [6, 6.07) is 15.1. The van der Waals surface area contributed by atoms with Gasteiger partial charge in [0, 0.05) is 11.6 Å². The van der Waals surface area contributed by atoms with Gasteiger partial charge in [-0.15, -0.1) is 10.2 Å². The van der Waals surface area contributed by atoms with Crippen molar-refractivity contribution in [2.24, 2.45) is 0 Å². The van der Waals surface area contributed by atoms with E-state index in [1.165, 1.54) is 24.3 Å². The van der Waals surface area contributed by atoms with E-state index in [0.717, 1.165) is 11.1 Å². The van der Waals surface area contributed by atoms with Crippen molar-refractivity contribution in [1.29, 1.82) is 0 Å². The molecule has 0 radical (unpaired) electrons. The number of aromatic nitrogens is 2. The zero-order valence-corrected chi connectivity index (χ0v) is 14.4. The van der Waals surface area contributed by atoms with Crippen LogP contribution in [0.3, 0.4) is 0 Å². The van der Waals surface area contributed by atoms with Crippen molar-refractivity contribution in [3.05, 3.63) is 77.9 Å². The topological polar surface area (TPSA) is 64.1 Å². The molecular formula is C20H17F2N3O2. The summed E-state index contributed by atoms with van der Waals surface area (Å²) in [5.41, 5.74) is 2.09. The van der Waals surface area contributed by atoms with Crippen LogP contribution in [0.1, 0.15) is 5.56 Å². The molecule has 27 heavy (non-hydrogen) atoms. The average molecular weight is 369 g/mol. The number of halogens is 2. The van der Waals surface area contributed by atoms with Crippen LogP contribution in [0.2, 0.25) is 0 Å². The molecule has 0 aliphatic rings. The molecular weight excluding hydrogens is 352 g/mol. The third kappa shape index (κ3) is 5.57. The van der Waals surface area contributed by atoms with Crippen LogP contribution in [0.4, 0.5) is 8.78 Å². The Morgan fingerprint density at radius 2 is 1.56 bits per heavy atom. The van der Waals surface area contributed by atoms with Crippen LogP contribution >= 0.6 is 0 Å². The Kier molecular flexibility index (Phi) is 6.04. The standard InChI is InChI=1S/C20H17F2N3O2/c21-16-5-1-14(2-6-16)13-19(26)23-11-12-27-20-10-9-18(24-25-20)15-3-7-17(22)8-4-15/h1-10H,11-13H2,(H,23,26). The normalized spacial score (nSPS) is 10.4. The third-order valence-corrected chi connectivity index (χ3v) is 3.73. The molecule has 138 valence electrons. The summed E-state index contributed by atoms with van der Waals surface area (Å²) in [4.78, 5) is 11.8.